The predicted octanol–water partition coefficient (Wildman–Crippen LogP) is 2.32. The minimum atomic E-state index is -0.592. The molecular formula is C13H15F2N3. The number of aryl methyl sites for hydroxylation is 2. The van der Waals surface area contributed by atoms with E-state index in [1.807, 2.05) is 13.0 Å². The van der Waals surface area contributed by atoms with Crippen LogP contribution in [-0.4, -0.2) is 16.8 Å². The molecule has 0 radical (unpaired) electrons. The summed E-state index contributed by atoms with van der Waals surface area (Å²) in [7, 11) is 3.45. The van der Waals surface area contributed by atoms with Gasteiger partial charge in [-0.3, -0.25) is 4.68 Å². The van der Waals surface area contributed by atoms with Gasteiger partial charge in [-0.05, 0) is 32.2 Å². The Labute approximate surface area is 104 Å². The van der Waals surface area contributed by atoms with E-state index in [1.165, 1.54) is 18.2 Å². The SMILES string of the molecule is CNC(c1cc(C)n(C)n1)c1c(F)cccc1F. The van der Waals surface area contributed by atoms with E-state index in [-0.39, 0.29) is 5.56 Å². The Bertz CT molecular complexity index is 524. The van der Waals surface area contributed by atoms with Crippen LogP contribution < -0.4 is 5.32 Å². The average molecular weight is 251 g/mol. The first-order chi connectivity index (χ1) is 8.54. The molecule has 2 aromatic rings. The lowest BCUT2D eigenvalue weighted by molar-refractivity contribution is 0.514. The number of halogens is 2. The number of nitrogens with zero attached hydrogens (tertiary/aromatic N) is 2. The molecule has 18 heavy (non-hydrogen) atoms. The lowest BCUT2D eigenvalue weighted by atomic mass is 10.0. The van der Waals surface area contributed by atoms with Crippen LogP contribution in [0.3, 0.4) is 0 Å². The normalized spacial score (nSPS) is 12.7. The summed E-state index contributed by atoms with van der Waals surface area (Å²) in [6.07, 6.45) is 0. The van der Waals surface area contributed by atoms with Gasteiger partial charge in [0.05, 0.1) is 11.7 Å². The van der Waals surface area contributed by atoms with Gasteiger partial charge < -0.3 is 5.32 Å². The molecule has 1 heterocycles. The lowest BCUT2D eigenvalue weighted by Crippen LogP contribution is -2.21. The van der Waals surface area contributed by atoms with Gasteiger partial charge in [-0.2, -0.15) is 5.10 Å². The van der Waals surface area contributed by atoms with E-state index in [0.29, 0.717) is 5.69 Å². The summed E-state index contributed by atoms with van der Waals surface area (Å²) in [4.78, 5) is 0. The molecule has 0 saturated carbocycles. The molecule has 5 heteroatoms. The van der Waals surface area contributed by atoms with Crippen LogP contribution in [0.5, 0.6) is 0 Å². The highest BCUT2D eigenvalue weighted by atomic mass is 19.1. The number of aromatic nitrogens is 2. The van der Waals surface area contributed by atoms with Crippen molar-refractivity contribution in [2.45, 2.75) is 13.0 Å². The van der Waals surface area contributed by atoms with Gasteiger partial charge in [0.25, 0.3) is 0 Å². The summed E-state index contributed by atoms with van der Waals surface area (Å²) in [5.74, 6) is -1.14. The first-order valence-corrected chi connectivity index (χ1v) is 5.66. The third-order valence-electron chi connectivity index (χ3n) is 3.01. The number of hydrogen-bond donors (Lipinski definition) is 1. The second-order valence-corrected chi connectivity index (χ2v) is 4.19. The van der Waals surface area contributed by atoms with Crippen LogP contribution >= 0.6 is 0 Å². The molecule has 0 bridgehead atoms. The topological polar surface area (TPSA) is 29.9 Å². The largest absolute Gasteiger partial charge is 0.308 e. The van der Waals surface area contributed by atoms with Gasteiger partial charge >= 0.3 is 0 Å². The van der Waals surface area contributed by atoms with Crippen molar-refractivity contribution in [3.05, 3.63) is 52.9 Å². The molecule has 96 valence electrons. The van der Waals surface area contributed by atoms with Crippen molar-refractivity contribution >= 4 is 0 Å². The molecule has 1 aromatic heterocycles. The van der Waals surface area contributed by atoms with E-state index in [1.54, 1.807) is 18.8 Å². The van der Waals surface area contributed by atoms with Crippen LogP contribution in [0.4, 0.5) is 8.78 Å². The van der Waals surface area contributed by atoms with E-state index >= 15 is 0 Å². The summed E-state index contributed by atoms with van der Waals surface area (Å²) in [6, 6.07) is 5.07. The van der Waals surface area contributed by atoms with Crippen LogP contribution in [0.2, 0.25) is 0 Å². The third kappa shape index (κ3) is 2.13. The molecule has 1 aromatic carbocycles. The van der Waals surface area contributed by atoms with Crippen molar-refractivity contribution in [1.82, 2.24) is 15.1 Å². The molecule has 0 fully saturated rings. The maximum atomic E-state index is 13.8. The second-order valence-electron chi connectivity index (χ2n) is 4.19. The molecule has 0 aliphatic rings. The molecule has 2 rings (SSSR count). The maximum Gasteiger partial charge on any atom is 0.131 e. The van der Waals surface area contributed by atoms with Crippen LogP contribution in [0.15, 0.2) is 24.3 Å². The standard InChI is InChI=1S/C13H15F2N3/c1-8-7-11(17-18(8)3)13(16-2)12-9(14)5-4-6-10(12)15/h4-7,13,16H,1-3H3. The van der Waals surface area contributed by atoms with Crippen molar-refractivity contribution in [3.63, 3.8) is 0 Å². The molecule has 0 amide bonds. The third-order valence-corrected chi connectivity index (χ3v) is 3.01. The highest BCUT2D eigenvalue weighted by Crippen LogP contribution is 2.26. The first kappa shape index (κ1) is 12.7. The Morgan fingerprint density at radius 2 is 1.89 bits per heavy atom. The highest BCUT2D eigenvalue weighted by molar-refractivity contribution is 5.31. The Morgan fingerprint density at radius 1 is 1.28 bits per heavy atom. The summed E-state index contributed by atoms with van der Waals surface area (Å²) in [5.41, 5.74) is 1.53. The maximum absolute atomic E-state index is 13.8. The van der Waals surface area contributed by atoms with Crippen molar-refractivity contribution in [2.75, 3.05) is 7.05 Å². The molecule has 1 atom stereocenters. The number of nitrogens with one attached hydrogen (secondary N) is 1. The minimum Gasteiger partial charge on any atom is -0.308 e. The van der Waals surface area contributed by atoms with E-state index in [2.05, 4.69) is 10.4 Å². The van der Waals surface area contributed by atoms with E-state index < -0.39 is 17.7 Å². The number of benzene rings is 1. The molecule has 1 unspecified atom stereocenters. The predicted molar refractivity (Wildman–Crippen MR) is 65.2 cm³/mol. The zero-order valence-corrected chi connectivity index (χ0v) is 10.5. The first-order valence-electron chi connectivity index (χ1n) is 5.66. The quantitative estimate of drug-likeness (QED) is 0.907. The fourth-order valence-corrected chi connectivity index (χ4v) is 1.96. The molecule has 0 aliphatic carbocycles. The van der Waals surface area contributed by atoms with Gasteiger partial charge in [-0.25, -0.2) is 8.78 Å². The monoisotopic (exact) mass is 251 g/mol. The Morgan fingerprint density at radius 3 is 2.33 bits per heavy atom. The van der Waals surface area contributed by atoms with Crippen LogP contribution in [-0.2, 0) is 7.05 Å². The summed E-state index contributed by atoms with van der Waals surface area (Å²) in [6.45, 7) is 1.89. The Balaban J connectivity index is 2.52. The zero-order chi connectivity index (χ0) is 13.3. The lowest BCUT2D eigenvalue weighted by Gasteiger charge is -2.15. The second kappa shape index (κ2) is 4.86. The smallest absolute Gasteiger partial charge is 0.131 e. The van der Waals surface area contributed by atoms with Gasteiger partial charge in [-0.15, -0.1) is 0 Å². The summed E-state index contributed by atoms with van der Waals surface area (Å²) < 4.78 is 29.2. The van der Waals surface area contributed by atoms with Gasteiger partial charge in [0.2, 0.25) is 0 Å². The van der Waals surface area contributed by atoms with Gasteiger partial charge in [0, 0.05) is 18.3 Å². The van der Waals surface area contributed by atoms with Crippen molar-refractivity contribution in [2.24, 2.45) is 7.05 Å². The van der Waals surface area contributed by atoms with Crippen molar-refractivity contribution in [1.29, 1.82) is 0 Å². The molecule has 0 aliphatic heterocycles. The Hall–Kier alpha value is -1.75. The van der Waals surface area contributed by atoms with Crippen molar-refractivity contribution < 1.29 is 8.78 Å². The van der Waals surface area contributed by atoms with Crippen molar-refractivity contribution in [3.8, 4) is 0 Å². The summed E-state index contributed by atoms with van der Waals surface area (Å²) >= 11 is 0. The van der Waals surface area contributed by atoms with E-state index in [0.717, 1.165) is 5.69 Å². The Kier molecular flexibility index (Phi) is 3.43. The molecule has 0 saturated heterocycles. The van der Waals surface area contributed by atoms with Gasteiger partial charge in [0.15, 0.2) is 0 Å². The zero-order valence-electron chi connectivity index (χ0n) is 10.5. The van der Waals surface area contributed by atoms with Crippen LogP contribution in [0.1, 0.15) is 23.0 Å². The minimum absolute atomic E-state index is 0.00176. The van der Waals surface area contributed by atoms with Crippen LogP contribution in [0, 0.1) is 18.6 Å². The summed E-state index contributed by atoms with van der Waals surface area (Å²) in [5, 5.41) is 7.16. The molecule has 0 spiro atoms. The molecule has 3 nitrogen and oxygen atoms in total. The van der Waals surface area contributed by atoms with E-state index in [4.69, 9.17) is 0 Å². The average Bonchev–Trinajstić information content (AvgIpc) is 2.64. The number of hydrogen-bond acceptors (Lipinski definition) is 2. The van der Waals surface area contributed by atoms with Crippen LogP contribution in [0.25, 0.3) is 0 Å². The van der Waals surface area contributed by atoms with Gasteiger partial charge in [0.1, 0.15) is 11.6 Å². The molecular weight excluding hydrogens is 236 g/mol. The molecule has 1 N–H and O–H groups in total. The van der Waals surface area contributed by atoms with Gasteiger partial charge in [-0.1, -0.05) is 6.07 Å². The highest BCUT2D eigenvalue weighted by Gasteiger charge is 2.22. The fraction of sp³-hybridized carbons (Fsp3) is 0.308. The van der Waals surface area contributed by atoms with E-state index in [9.17, 15) is 8.78 Å². The number of rotatable bonds is 3. The fourth-order valence-electron chi connectivity index (χ4n) is 1.96.